The van der Waals surface area contributed by atoms with Crippen molar-refractivity contribution >= 4 is 26.5 Å². The van der Waals surface area contributed by atoms with E-state index in [1.807, 2.05) is 10.6 Å². The molecule has 4 aliphatic carbocycles. The van der Waals surface area contributed by atoms with Crippen LogP contribution in [0.15, 0.2) is 24.3 Å². The van der Waals surface area contributed by atoms with Crippen molar-refractivity contribution in [3.8, 4) is 11.1 Å². The molecule has 0 saturated heterocycles. The fraction of sp³-hybridized carbons (Fsp3) is 0.700. The van der Waals surface area contributed by atoms with E-state index in [1.165, 1.54) is 140 Å². The van der Waals surface area contributed by atoms with Gasteiger partial charge in [0.2, 0.25) is 0 Å². The van der Waals surface area contributed by atoms with E-state index in [2.05, 4.69) is 52.0 Å². The van der Waals surface area contributed by atoms with Gasteiger partial charge in [-0.05, 0) is 135 Å². The lowest BCUT2D eigenvalue weighted by atomic mass is 9.94. The molecular formula is C40H60P2. The third-order valence-corrected chi connectivity index (χ3v) is 18.6. The van der Waals surface area contributed by atoms with Gasteiger partial charge in [0.25, 0.3) is 0 Å². The fourth-order valence-electron chi connectivity index (χ4n) is 9.77. The van der Waals surface area contributed by atoms with Crippen molar-refractivity contribution in [2.45, 2.75) is 179 Å². The van der Waals surface area contributed by atoms with Gasteiger partial charge in [-0.3, -0.25) is 0 Å². The van der Waals surface area contributed by atoms with E-state index in [9.17, 15) is 0 Å². The summed E-state index contributed by atoms with van der Waals surface area (Å²) >= 11 is 0. The third-order valence-electron chi connectivity index (χ3n) is 11.6. The molecule has 0 aliphatic heterocycles. The second-order valence-corrected chi connectivity index (χ2v) is 20.4. The van der Waals surface area contributed by atoms with Gasteiger partial charge >= 0.3 is 0 Å². The Bertz CT molecular complexity index is 1040. The molecule has 0 bridgehead atoms. The summed E-state index contributed by atoms with van der Waals surface area (Å²) in [6, 6.07) is 10.6. The Morgan fingerprint density at radius 2 is 0.643 bits per heavy atom. The summed E-state index contributed by atoms with van der Waals surface area (Å²) in [4.78, 5) is 0. The van der Waals surface area contributed by atoms with Crippen LogP contribution >= 0.6 is 15.8 Å². The molecule has 0 nitrogen and oxygen atoms in total. The average Bonchev–Trinajstić information content (AvgIpc) is 3.00. The summed E-state index contributed by atoms with van der Waals surface area (Å²) in [6.45, 7) is 9.78. The summed E-state index contributed by atoms with van der Waals surface area (Å²) in [5, 5.41) is 3.69. The van der Waals surface area contributed by atoms with Gasteiger partial charge in [0, 0.05) is 0 Å². The van der Waals surface area contributed by atoms with Crippen molar-refractivity contribution in [2.75, 3.05) is 0 Å². The van der Waals surface area contributed by atoms with Crippen molar-refractivity contribution < 1.29 is 0 Å². The van der Waals surface area contributed by atoms with Gasteiger partial charge in [-0.15, -0.1) is 0 Å². The molecule has 4 aliphatic rings. The zero-order valence-electron chi connectivity index (χ0n) is 27.7. The smallest absolute Gasteiger partial charge is 0.00682 e. The number of hydrogen-bond acceptors (Lipinski definition) is 0. The molecule has 230 valence electrons. The van der Waals surface area contributed by atoms with Gasteiger partial charge < -0.3 is 0 Å². The van der Waals surface area contributed by atoms with Crippen LogP contribution in [0.2, 0.25) is 0 Å². The summed E-state index contributed by atoms with van der Waals surface area (Å²) in [5.41, 5.74) is 13.4. The Morgan fingerprint density at radius 3 is 0.905 bits per heavy atom. The van der Waals surface area contributed by atoms with Crippen LogP contribution in [0, 0.1) is 27.7 Å². The molecule has 2 aromatic carbocycles. The first kappa shape index (κ1) is 31.3. The first-order valence-corrected chi connectivity index (χ1v) is 21.3. The summed E-state index contributed by atoms with van der Waals surface area (Å²) in [7, 11) is -0.285. The van der Waals surface area contributed by atoms with Crippen molar-refractivity contribution in [1.29, 1.82) is 0 Å². The van der Waals surface area contributed by atoms with E-state index >= 15 is 0 Å². The molecule has 4 fully saturated rings. The molecule has 0 heterocycles. The molecule has 4 saturated carbocycles. The molecule has 42 heavy (non-hydrogen) atoms. The predicted molar refractivity (Wildman–Crippen MR) is 191 cm³/mol. The maximum absolute atomic E-state index is 2.74. The largest absolute Gasteiger partial charge is 0.0683 e. The van der Waals surface area contributed by atoms with Crippen molar-refractivity contribution in [3.63, 3.8) is 0 Å². The van der Waals surface area contributed by atoms with Gasteiger partial charge in [0.1, 0.15) is 0 Å². The minimum absolute atomic E-state index is 0.142. The molecule has 0 radical (unpaired) electrons. The molecule has 2 heteroatoms. The van der Waals surface area contributed by atoms with Crippen LogP contribution < -0.4 is 10.6 Å². The van der Waals surface area contributed by atoms with Crippen LogP contribution in [0.25, 0.3) is 11.1 Å². The monoisotopic (exact) mass is 602 g/mol. The summed E-state index contributed by atoms with van der Waals surface area (Å²) < 4.78 is 0. The van der Waals surface area contributed by atoms with Crippen LogP contribution in [0.4, 0.5) is 0 Å². The maximum atomic E-state index is 2.74. The van der Waals surface area contributed by atoms with Crippen molar-refractivity contribution in [3.05, 3.63) is 46.5 Å². The number of aryl methyl sites for hydroxylation is 4. The normalized spacial score (nSPS) is 22.3. The standard InChI is InChI=1S/C40H60P2/c1-29-25-31(3)39(37(27-29)41(33-17-9-5-10-18-33)34-19-11-6-12-20-34)40-32(4)26-30(2)28-38(40)42(35-21-13-7-14-22-35)36-23-15-8-16-24-36/h25-28,33-36H,5-24H2,1-4H3. The number of rotatable bonds is 7. The van der Waals surface area contributed by atoms with E-state index in [4.69, 9.17) is 0 Å². The molecular weight excluding hydrogens is 542 g/mol. The van der Waals surface area contributed by atoms with E-state index in [0.29, 0.717) is 0 Å². The van der Waals surface area contributed by atoms with E-state index in [1.54, 1.807) is 22.3 Å². The molecule has 0 amide bonds. The molecule has 2 aromatic rings. The van der Waals surface area contributed by atoms with Crippen LogP contribution in [0.1, 0.15) is 151 Å². The molecule has 0 aromatic heterocycles. The number of benzene rings is 2. The summed E-state index contributed by atoms with van der Waals surface area (Å²) in [5.74, 6) is 0. The second-order valence-electron chi connectivity index (χ2n) is 14.9. The van der Waals surface area contributed by atoms with Crippen molar-refractivity contribution in [2.24, 2.45) is 0 Å². The van der Waals surface area contributed by atoms with Gasteiger partial charge in [0.05, 0.1) is 0 Å². The molecule has 0 spiro atoms. The Hall–Kier alpha value is -0.700. The molecule has 0 atom stereocenters. The molecule has 0 N–H and O–H groups in total. The highest BCUT2D eigenvalue weighted by Gasteiger charge is 2.38. The Balaban J connectivity index is 1.54. The Morgan fingerprint density at radius 1 is 0.381 bits per heavy atom. The van der Waals surface area contributed by atoms with Gasteiger partial charge in [-0.25, -0.2) is 0 Å². The SMILES string of the molecule is Cc1cc(C)c(-c2c(C)cc(C)cc2P(C2CCCCC2)C2CCCCC2)c(P(C2CCCCC2)C2CCCCC2)c1. The lowest BCUT2D eigenvalue weighted by molar-refractivity contribution is 0.487. The highest BCUT2D eigenvalue weighted by Crippen LogP contribution is 2.59. The lowest BCUT2D eigenvalue weighted by Gasteiger charge is -2.42. The van der Waals surface area contributed by atoms with Gasteiger partial charge in [-0.1, -0.05) is 128 Å². The number of hydrogen-bond donors (Lipinski definition) is 0. The first-order valence-electron chi connectivity index (χ1n) is 18.3. The second kappa shape index (κ2) is 14.6. The van der Waals surface area contributed by atoms with Crippen LogP contribution in [0.3, 0.4) is 0 Å². The third kappa shape index (κ3) is 6.92. The van der Waals surface area contributed by atoms with E-state index in [-0.39, 0.29) is 15.8 Å². The minimum atomic E-state index is -0.142. The van der Waals surface area contributed by atoms with Crippen LogP contribution in [0.5, 0.6) is 0 Å². The predicted octanol–water partition coefficient (Wildman–Crippen LogP) is 12.1. The topological polar surface area (TPSA) is 0 Å². The zero-order valence-corrected chi connectivity index (χ0v) is 29.4. The average molecular weight is 603 g/mol. The minimum Gasteiger partial charge on any atom is -0.0683 e. The maximum Gasteiger partial charge on any atom is -0.00682 e. The van der Waals surface area contributed by atoms with Gasteiger partial charge in [-0.2, -0.15) is 0 Å². The van der Waals surface area contributed by atoms with Crippen LogP contribution in [-0.4, -0.2) is 22.6 Å². The highest BCUT2D eigenvalue weighted by molar-refractivity contribution is 7.68. The fourth-order valence-corrected chi connectivity index (χ4v) is 18.0. The zero-order chi connectivity index (χ0) is 29.1. The van der Waals surface area contributed by atoms with Crippen molar-refractivity contribution in [1.82, 2.24) is 0 Å². The Labute approximate surface area is 262 Å². The first-order chi connectivity index (χ1) is 20.5. The van der Waals surface area contributed by atoms with E-state index < -0.39 is 0 Å². The van der Waals surface area contributed by atoms with E-state index in [0.717, 1.165) is 22.6 Å². The lowest BCUT2D eigenvalue weighted by Crippen LogP contribution is -2.30. The van der Waals surface area contributed by atoms with Crippen LogP contribution in [-0.2, 0) is 0 Å². The molecule has 6 rings (SSSR count). The quantitative estimate of drug-likeness (QED) is 0.277. The van der Waals surface area contributed by atoms with Gasteiger partial charge in [0.15, 0.2) is 0 Å². The Kier molecular flexibility index (Phi) is 10.9. The highest BCUT2D eigenvalue weighted by atomic mass is 31.1. The molecule has 0 unspecified atom stereocenters. The summed E-state index contributed by atoms with van der Waals surface area (Å²) in [6.07, 6.45) is 29.6.